The minimum atomic E-state index is -1.35. The van der Waals surface area contributed by atoms with Gasteiger partial charge in [0.2, 0.25) is 0 Å². The van der Waals surface area contributed by atoms with E-state index in [9.17, 15) is 14.0 Å². The van der Waals surface area contributed by atoms with Crippen LogP contribution in [-0.2, 0) is 14.3 Å². The first-order chi connectivity index (χ1) is 10.7. The fourth-order valence-corrected chi connectivity index (χ4v) is 2.30. The standard InChI is InChI=1S/C17H24FNO4/c1-6-7-8-13(18)12(2)17(9-10-22-14(17)11-20)19-15(21)23-16(3,4)5/h6-8,11,14H,2,9-10H2,1,3-5H3,(H,19,21)/b7-6-,13-8+/t14-,17+/m0/s1. The molecule has 1 saturated heterocycles. The van der Waals surface area contributed by atoms with Crippen molar-refractivity contribution in [1.82, 2.24) is 5.32 Å². The van der Waals surface area contributed by atoms with Crippen molar-refractivity contribution in [2.24, 2.45) is 0 Å². The molecule has 2 atom stereocenters. The van der Waals surface area contributed by atoms with E-state index in [-0.39, 0.29) is 18.6 Å². The minimum Gasteiger partial charge on any atom is -0.444 e. The van der Waals surface area contributed by atoms with Crippen molar-refractivity contribution in [3.8, 4) is 0 Å². The Morgan fingerprint density at radius 1 is 1.48 bits per heavy atom. The van der Waals surface area contributed by atoms with E-state index in [4.69, 9.17) is 9.47 Å². The maximum absolute atomic E-state index is 14.3. The predicted octanol–water partition coefficient (Wildman–Crippen LogP) is 3.22. The Labute approximate surface area is 136 Å². The molecule has 1 aliphatic heterocycles. The molecule has 1 aliphatic rings. The van der Waals surface area contributed by atoms with E-state index in [1.165, 1.54) is 12.2 Å². The molecule has 23 heavy (non-hydrogen) atoms. The molecule has 1 rings (SSSR count). The van der Waals surface area contributed by atoms with E-state index in [0.717, 1.165) is 0 Å². The first kappa shape index (κ1) is 19.1. The van der Waals surface area contributed by atoms with Crippen molar-refractivity contribution in [2.45, 2.75) is 51.4 Å². The lowest BCUT2D eigenvalue weighted by atomic mass is 9.83. The molecular formula is C17H24FNO4. The van der Waals surface area contributed by atoms with Gasteiger partial charge in [0.1, 0.15) is 23.1 Å². The van der Waals surface area contributed by atoms with Crippen LogP contribution < -0.4 is 5.32 Å². The third kappa shape index (κ3) is 4.76. The summed E-state index contributed by atoms with van der Waals surface area (Å²) in [4.78, 5) is 23.4. The highest BCUT2D eigenvalue weighted by Gasteiger charge is 2.49. The smallest absolute Gasteiger partial charge is 0.408 e. The quantitative estimate of drug-likeness (QED) is 0.622. The molecule has 0 aromatic carbocycles. The van der Waals surface area contributed by atoms with Crippen molar-refractivity contribution in [3.63, 3.8) is 0 Å². The first-order valence-electron chi connectivity index (χ1n) is 7.42. The van der Waals surface area contributed by atoms with Crippen LogP contribution in [0.25, 0.3) is 0 Å². The number of rotatable bonds is 5. The molecule has 0 aliphatic carbocycles. The van der Waals surface area contributed by atoms with Gasteiger partial charge >= 0.3 is 6.09 Å². The summed E-state index contributed by atoms with van der Waals surface area (Å²) in [6, 6.07) is 0. The van der Waals surface area contributed by atoms with Crippen LogP contribution in [0.4, 0.5) is 9.18 Å². The van der Waals surface area contributed by atoms with Crippen molar-refractivity contribution in [3.05, 3.63) is 36.2 Å². The summed E-state index contributed by atoms with van der Waals surface area (Å²) in [5.41, 5.74) is -2.09. The van der Waals surface area contributed by atoms with Gasteiger partial charge in [0.05, 0.1) is 6.61 Å². The zero-order valence-electron chi connectivity index (χ0n) is 14.0. The number of nitrogens with one attached hydrogen (secondary N) is 1. The lowest BCUT2D eigenvalue weighted by Crippen LogP contribution is -2.57. The largest absolute Gasteiger partial charge is 0.444 e. The number of aldehydes is 1. The summed E-state index contributed by atoms with van der Waals surface area (Å²) >= 11 is 0. The van der Waals surface area contributed by atoms with Gasteiger partial charge in [-0.1, -0.05) is 18.7 Å². The summed E-state index contributed by atoms with van der Waals surface area (Å²) in [5, 5.41) is 2.59. The molecule has 128 valence electrons. The van der Waals surface area contributed by atoms with Gasteiger partial charge in [-0.3, -0.25) is 0 Å². The van der Waals surface area contributed by atoms with Crippen LogP contribution in [0.2, 0.25) is 0 Å². The maximum Gasteiger partial charge on any atom is 0.408 e. The van der Waals surface area contributed by atoms with Crippen LogP contribution in [0, 0.1) is 0 Å². The average molecular weight is 325 g/mol. The minimum absolute atomic E-state index is 0.0175. The van der Waals surface area contributed by atoms with Gasteiger partial charge in [0, 0.05) is 12.0 Å². The highest BCUT2D eigenvalue weighted by Crippen LogP contribution is 2.36. The second kappa shape index (κ2) is 7.55. The molecule has 0 unspecified atom stereocenters. The Kier molecular flexibility index (Phi) is 6.27. The van der Waals surface area contributed by atoms with Crippen LogP contribution in [0.1, 0.15) is 34.1 Å². The molecule has 0 aromatic rings. The molecule has 1 fully saturated rings. The third-order valence-corrected chi connectivity index (χ3v) is 3.39. The number of carbonyl (C=O) groups excluding carboxylic acids is 2. The molecule has 0 radical (unpaired) electrons. The van der Waals surface area contributed by atoms with E-state index in [1.807, 2.05) is 0 Å². The van der Waals surface area contributed by atoms with Crippen LogP contribution >= 0.6 is 0 Å². The molecule has 5 nitrogen and oxygen atoms in total. The van der Waals surface area contributed by atoms with Gasteiger partial charge < -0.3 is 19.6 Å². The van der Waals surface area contributed by atoms with E-state index < -0.39 is 29.2 Å². The number of hydrogen-bond donors (Lipinski definition) is 1. The number of alkyl carbamates (subject to hydrolysis) is 1. The Hall–Kier alpha value is -1.95. The van der Waals surface area contributed by atoms with Crippen molar-refractivity contribution < 1.29 is 23.5 Å². The predicted molar refractivity (Wildman–Crippen MR) is 85.7 cm³/mol. The lowest BCUT2D eigenvalue weighted by molar-refractivity contribution is -0.117. The van der Waals surface area contributed by atoms with E-state index in [0.29, 0.717) is 6.29 Å². The zero-order chi connectivity index (χ0) is 17.7. The Balaban J connectivity index is 3.12. The number of allylic oxidation sites excluding steroid dienone is 3. The zero-order valence-corrected chi connectivity index (χ0v) is 14.0. The molecular weight excluding hydrogens is 301 g/mol. The molecule has 6 heteroatoms. The maximum atomic E-state index is 14.3. The Bertz CT molecular complexity index is 533. The van der Waals surface area contributed by atoms with Gasteiger partial charge in [-0.15, -0.1) is 0 Å². The van der Waals surface area contributed by atoms with Gasteiger partial charge in [0.25, 0.3) is 0 Å². The molecule has 0 bridgehead atoms. The average Bonchev–Trinajstić information content (AvgIpc) is 2.85. The SMILES string of the molecule is C=C(/C(F)=C\C=C/C)[C@]1(NC(=O)OC(C)(C)C)CCO[C@H]1C=O. The number of hydrogen-bond acceptors (Lipinski definition) is 4. The monoisotopic (exact) mass is 325 g/mol. The van der Waals surface area contributed by atoms with Gasteiger partial charge in [0.15, 0.2) is 6.29 Å². The lowest BCUT2D eigenvalue weighted by Gasteiger charge is -2.34. The van der Waals surface area contributed by atoms with Crippen molar-refractivity contribution in [1.29, 1.82) is 0 Å². The fraction of sp³-hybridized carbons (Fsp3) is 0.529. The number of halogens is 1. The van der Waals surface area contributed by atoms with E-state index in [1.54, 1.807) is 33.8 Å². The van der Waals surface area contributed by atoms with Crippen molar-refractivity contribution >= 4 is 12.4 Å². The van der Waals surface area contributed by atoms with Gasteiger partial charge in [-0.2, -0.15) is 0 Å². The molecule has 1 N–H and O–H groups in total. The highest BCUT2D eigenvalue weighted by atomic mass is 19.1. The third-order valence-electron chi connectivity index (χ3n) is 3.39. The second-order valence-electron chi connectivity index (χ2n) is 6.29. The molecule has 0 spiro atoms. The summed E-state index contributed by atoms with van der Waals surface area (Å²) < 4.78 is 24.8. The fourth-order valence-electron chi connectivity index (χ4n) is 2.30. The normalized spacial score (nSPS) is 25.4. The number of carbonyl (C=O) groups is 2. The summed E-state index contributed by atoms with van der Waals surface area (Å²) in [7, 11) is 0. The second-order valence-corrected chi connectivity index (χ2v) is 6.29. The van der Waals surface area contributed by atoms with Crippen LogP contribution in [0.5, 0.6) is 0 Å². The Morgan fingerprint density at radius 2 is 2.13 bits per heavy atom. The molecule has 1 amide bonds. The molecule has 0 aromatic heterocycles. The van der Waals surface area contributed by atoms with E-state index in [2.05, 4.69) is 11.9 Å². The van der Waals surface area contributed by atoms with Crippen LogP contribution in [0.15, 0.2) is 36.2 Å². The highest BCUT2D eigenvalue weighted by molar-refractivity contribution is 5.73. The van der Waals surface area contributed by atoms with Crippen LogP contribution in [-0.4, -0.2) is 36.2 Å². The first-order valence-corrected chi connectivity index (χ1v) is 7.42. The topological polar surface area (TPSA) is 64.6 Å². The van der Waals surface area contributed by atoms with Gasteiger partial charge in [-0.05, 0) is 33.8 Å². The van der Waals surface area contributed by atoms with Gasteiger partial charge in [-0.25, -0.2) is 9.18 Å². The molecule has 0 saturated carbocycles. The molecule has 1 heterocycles. The van der Waals surface area contributed by atoms with E-state index >= 15 is 0 Å². The number of amides is 1. The summed E-state index contributed by atoms with van der Waals surface area (Å²) in [5.74, 6) is -0.628. The summed E-state index contributed by atoms with van der Waals surface area (Å²) in [6.07, 6.45) is 3.38. The Morgan fingerprint density at radius 3 is 2.65 bits per heavy atom. The number of ether oxygens (including phenoxy) is 2. The van der Waals surface area contributed by atoms with Crippen LogP contribution in [0.3, 0.4) is 0 Å². The summed E-state index contributed by atoms with van der Waals surface area (Å²) in [6.45, 7) is 10.8. The van der Waals surface area contributed by atoms with Crippen molar-refractivity contribution in [2.75, 3.05) is 6.61 Å².